The molecule has 0 nitrogen and oxygen atoms in total. The van der Waals surface area contributed by atoms with E-state index in [2.05, 4.69) is 170 Å². The lowest BCUT2D eigenvalue weighted by atomic mass is 9.83. The van der Waals surface area contributed by atoms with Crippen molar-refractivity contribution in [1.82, 2.24) is 0 Å². The van der Waals surface area contributed by atoms with Gasteiger partial charge in [0.05, 0.1) is 0 Å². The first-order chi connectivity index (χ1) is 21.8. The van der Waals surface area contributed by atoms with Crippen LogP contribution in [0, 0.1) is 0 Å². The molecular formula is C44H28. The maximum atomic E-state index is 2.40. The van der Waals surface area contributed by atoms with E-state index in [1.165, 1.54) is 87.2 Å². The van der Waals surface area contributed by atoms with Crippen LogP contribution in [-0.4, -0.2) is 0 Å². The van der Waals surface area contributed by atoms with Gasteiger partial charge in [0.2, 0.25) is 0 Å². The summed E-state index contributed by atoms with van der Waals surface area (Å²) in [5, 5.41) is 12.8. The molecule has 44 heavy (non-hydrogen) atoms. The number of fused-ring (bicyclic) bond motifs is 6. The Hall–Kier alpha value is -5.72. The van der Waals surface area contributed by atoms with Crippen molar-refractivity contribution in [2.75, 3.05) is 0 Å². The van der Waals surface area contributed by atoms with Crippen LogP contribution in [0.2, 0.25) is 0 Å². The molecule has 9 rings (SSSR count). The van der Waals surface area contributed by atoms with Crippen LogP contribution in [0.3, 0.4) is 0 Å². The molecule has 0 heteroatoms. The molecule has 0 atom stereocenters. The SMILES string of the molecule is c1ccc(-c2ccc3cccc(-c4c5ccccc5c(-c5cc6ccccc6c6ccccc56)c5ccccc45)c3c2)cc1. The summed E-state index contributed by atoms with van der Waals surface area (Å²) in [4.78, 5) is 0. The van der Waals surface area contributed by atoms with Crippen molar-refractivity contribution < 1.29 is 0 Å². The molecule has 0 aliphatic rings. The predicted octanol–water partition coefficient (Wildman–Crippen LogP) is 12.5. The van der Waals surface area contributed by atoms with Gasteiger partial charge in [-0.2, -0.15) is 0 Å². The Morgan fingerprint density at radius 3 is 1.43 bits per heavy atom. The van der Waals surface area contributed by atoms with E-state index in [0.717, 1.165) is 0 Å². The minimum Gasteiger partial charge on any atom is -0.0622 e. The summed E-state index contributed by atoms with van der Waals surface area (Å²) in [7, 11) is 0. The number of hydrogen-bond acceptors (Lipinski definition) is 0. The molecule has 9 aromatic carbocycles. The van der Waals surface area contributed by atoms with Crippen LogP contribution in [-0.2, 0) is 0 Å². The Morgan fingerprint density at radius 1 is 0.227 bits per heavy atom. The Labute approximate surface area is 256 Å². The first-order valence-corrected chi connectivity index (χ1v) is 15.3. The maximum absolute atomic E-state index is 2.40. The van der Waals surface area contributed by atoms with Crippen molar-refractivity contribution in [3.63, 3.8) is 0 Å². The summed E-state index contributed by atoms with van der Waals surface area (Å²) >= 11 is 0. The monoisotopic (exact) mass is 556 g/mol. The third-order valence-corrected chi connectivity index (χ3v) is 9.23. The van der Waals surface area contributed by atoms with E-state index in [4.69, 9.17) is 0 Å². The third-order valence-electron chi connectivity index (χ3n) is 9.23. The van der Waals surface area contributed by atoms with Gasteiger partial charge in [0.15, 0.2) is 0 Å². The lowest BCUT2D eigenvalue weighted by Gasteiger charge is -2.20. The molecule has 0 unspecified atom stereocenters. The molecule has 0 aliphatic carbocycles. The summed E-state index contributed by atoms with van der Waals surface area (Å²) in [5.74, 6) is 0. The highest BCUT2D eigenvalue weighted by Crippen LogP contribution is 2.47. The largest absolute Gasteiger partial charge is 0.0622 e. The average Bonchev–Trinajstić information content (AvgIpc) is 3.10. The topological polar surface area (TPSA) is 0 Å². The van der Waals surface area contributed by atoms with Gasteiger partial charge in [-0.15, -0.1) is 0 Å². The molecule has 0 N–H and O–H groups in total. The summed E-state index contributed by atoms with van der Waals surface area (Å²) in [6.07, 6.45) is 0. The third kappa shape index (κ3) is 3.78. The van der Waals surface area contributed by atoms with Gasteiger partial charge in [-0.1, -0.05) is 158 Å². The molecule has 0 aromatic heterocycles. The molecule has 0 saturated heterocycles. The van der Waals surface area contributed by atoms with E-state index in [9.17, 15) is 0 Å². The number of hydrogen-bond donors (Lipinski definition) is 0. The highest BCUT2D eigenvalue weighted by molar-refractivity contribution is 6.27. The molecule has 0 fully saturated rings. The minimum absolute atomic E-state index is 1.23. The quantitative estimate of drug-likeness (QED) is 0.150. The van der Waals surface area contributed by atoms with Gasteiger partial charge in [-0.3, -0.25) is 0 Å². The molecule has 0 aliphatic heterocycles. The normalized spacial score (nSPS) is 11.6. The molecule has 0 heterocycles. The van der Waals surface area contributed by atoms with E-state index in [1.807, 2.05) is 0 Å². The smallest absolute Gasteiger partial charge is 0.00199 e. The minimum atomic E-state index is 1.23. The number of benzene rings is 9. The Bertz CT molecular complexity index is 2480. The Balaban J connectivity index is 1.42. The lowest BCUT2D eigenvalue weighted by Crippen LogP contribution is -1.93. The first kappa shape index (κ1) is 24.8. The molecule has 0 radical (unpaired) electrons. The van der Waals surface area contributed by atoms with E-state index in [0.29, 0.717) is 0 Å². The molecule has 0 spiro atoms. The van der Waals surface area contributed by atoms with Crippen LogP contribution >= 0.6 is 0 Å². The standard InChI is InChI=1S/C44H28/c1-2-13-29(14-3-1)31-26-25-30-16-12-24-40(41(30)27-31)43-36-20-8-10-22-38(36)44(39-23-11-9-21-37(39)43)42-28-32-15-4-5-17-33(32)34-18-6-7-19-35(34)42/h1-28H. The van der Waals surface area contributed by atoms with Crippen LogP contribution in [0.1, 0.15) is 0 Å². The molecule has 0 bridgehead atoms. The van der Waals surface area contributed by atoms with E-state index in [-0.39, 0.29) is 0 Å². The van der Waals surface area contributed by atoms with Crippen molar-refractivity contribution in [3.05, 3.63) is 170 Å². The fraction of sp³-hybridized carbons (Fsp3) is 0. The maximum Gasteiger partial charge on any atom is -0.00199 e. The van der Waals surface area contributed by atoms with E-state index < -0.39 is 0 Å². The van der Waals surface area contributed by atoms with E-state index >= 15 is 0 Å². The van der Waals surface area contributed by atoms with Crippen LogP contribution < -0.4 is 0 Å². The second-order valence-corrected chi connectivity index (χ2v) is 11.6. The molecule has 0 saturated carbocycles. The van der Waals surface area contributed by atoms with Crippen molar-refractivity contribution in [1.29, 1.82) is 0 Å². The van der Waals surface area contributed by atoms with Crippen LogP contribution in [0.4, 0.5) is 0 Å². The Kier molecular flexibility index (Phi) is 5.61. The van der Waals surface area contributed by atoms with Gasteiger partial charge in [0.25, 0.3) is 0 Å². The van der Waals surface area contributed by atoms with Crippen molar-refractivity contribution in [2.24, 2.45) is 0 Å². The van der Waals surface area contributed by atoms with Crippen LogP contribution in [0.5, 0.6) is 0 Å². The molecule has 204 valence electrons. The molecule has 9 aromatic rings. The average molecular weight is 557 g/mol. The van der Waals surface area contributed by atoms with Gasteiger partial charge in [-0.25, -0.2) is 0 Å². The van der Waals surface area contributed by atoms with Crippen molar-refractivity contribution in [2.45, 2.75) is 0 Å². The fourth-order valence-corrected chi connectivity index (χ4v) is 7.27. The van der Waals surface area contributed by atoms with E-state index in [1.54, 1.807) is 0 Å². The summed E-state index contributed by atoms with van der Waals surface area (Å²) in [5.41, 5.74) is 7.61. The second-order valence-electron chi connectivity index (χ2n) is 11.6. The first-order valence-electron chi connectivity index (χ1n) is 15.3. The summed E-state index contributed by atoms with van der Waals surface area (Å²) < 4.78 is 0. The van der Waals surface area contributed by atoms with Gasteiger partial charge >= 0.3 is 0 Å². The highest BCUT2D eigenvalue weighted by Gasteiger charge is 2.20. The number of rotatable bonds is 3. The molecular weight excluding hydrogens is 528 g/mol. The highest BCUT2D eigenvalue weighted by atomic mass is 14.2. The fourth-order valence-electron chi connectivity index (χ4n) is 7.27. The predicted molar refractivity (Wildman–Crippen MR) is 190 cm³/mol. The zero-order valence-corrected chi connectivity index (χ0v) is 24.2. The van der Waals surface area contributed by atoms with Gasteiger partial charge in [-0.05, 0) is 99.4 Å². The zero-order valence-electron chi connectivity index (χ0n) is 24.2. The molecule has 0 amide bonds. The van der Waals surface area contributed by atoms with Crippen LogP contribution in [0.15, 0.2) is 170 Å². The summed E-state index contributed by atoms with van der Waals surface area (Å²) in [6, 6.07) is 62.3. The lowest BCUT2D eigenvalue weighted by molar-refractivity contribution is 1.64. The van der Waals surface area contributed by atoms with Gasteiger partial charge < -0.3 is 0 Å². The van der Waals surface area contributed by atoms with Crippen molar-refractivity contribution in [3.8, 4) is 33.4 Å². The Morgan fingerprint density at radius 2 is 0.750 bits per heavy atom. The van der Waals surface area contributed by atoms with Crippen molar-refractivity contribution >= 4 is 53.9 Å². The van der Waals surface area contributed by atoms with Crippen LogP contribution in [0.25, 0.3) is 87.2 Å². The van der Waals surface area contributed by atoms with Gasteiger partial charge in [0.1, 0.15) is 0 Å². The second kappa shape index (κ2) is 9.93. The summed E-state index contributed by atoms with van der Waals surface area (Å²) in [6.45, 7) is 0. The zero-order chi connectivity index (χ0) is 29.0. The van der Waals surface area contributed by atoms with Gasteiger partial charge in [0, 0.05) is 0 Å².